The quantitative estimate of drug-likeness (QED) is 0.381. The van der Waals surface area contributed by atoms with E-state index in [0.29, 0.717) is 16.8 Å². The van der Waals surface area contributed by atoms with Crippen LogP contribution in [0.4, 0.5) is 5.69 Å². The number of aromatic nitrogens is 1. The van der Waals surface area contributed by atoms with E-state index in [1.54, 1.807) is 30.5 Å². The minimum absolute atomic E-state index is 0.00824. The van der Waals surface area contributed by atoms with Crippen LogP contribution in [0.1, 0.15) is 20.8 Å². The number of para-hydroxylation sites is 1. The number of hydrogen-bond donors (Lipinski definition) is 0. The van der Waals surface area contributed by atoms with E-state index in [2.05, 4.69) is 0 Å². The van der Waals surface area contributed by atoms with E-state index < -0.39 is 16.9 Å². The lowest BCUT2D eigenvalue weighted by molar-refractivity contribution is -0.384. The Morgan fingerprint density at radius 2 is 1.54 bits per heavy atom. The molecule has 0 aliphatic carbocycles. The Balaban J connectivity index is 2.30. The number of ether oxygens (including phenoxy) is 2. The first-order chi connectivity index (χ1) is 13.5. The van der Waals surface area contributed by atoms with Gasteiger partial charge in [-0.15, -0.1) is 0 Å². The molecular formula is C20H16N2O6. The first kappa shape index (κ1) is 18.8. The van der Waals surface area contributed by atoms with Crippen LogP contribution in [-0.2, 0) is 9.47 Å². The largest absolute Gasteiger partial charge is 0.465 e. The third-order valence-electron chi connectivity index (χ3n) is 4.20. The summed E-state index contributed by atoms with van der Waals surface area (Å²) in [5, 5.41) is 10.9. The first-order valence-electron chi connectivity index (χ1n) is 8.20. The molecule has 0 amide bonds. The number of rotatable bonds is 5. The molecule has 0 saturated heterocycles. The van der Waals surface area contributed by atoms with E-state index >= 15 is 0 Å². The third kappa shape index (κ3) is 3.35. The summed E-state index contributed by atoms with van der Waals surface area (Å²) in [5.41, 5.74) is 1.50. The minimum Gasteiger partial charge on any atom is -0.465 e. The maximum absolute atomic E-state index is 12.5. The number of esters is 2. The van der Waals surface area contributed by atoms with Crippen molar-refractivity contribution in [3.05, 3.63) is 82.2 Å². The Labute approximate surface area is 160 Å². The van der Waals surface area contributed by atoms with Crippen molar-refractivity contribution in [2.24, 2.45) is 0 Å². The zero-order chi connectivity index (χ0) is 20.3. The summed E-state index contributed by atoms with van der Waals surface area (Å²) in [6.07, 6.45) is 1.61. The maximum atomic E-state index is 12.5. The van der Waals surface area contributed by atoms with Gasteiger partial charge in [-0.3, -0.25) is 10.1 Å². The summed E-state index contributed by atoms with van der Waals surface area (Å²) in [7, 11) is 2.43. The summed E-state index contributed by atoms with van der Waals surface area (Å²) in [4.78, 5) is 35.4. The lowest BCUT2D eigenvalue weighted by Crippen LogP contribution is -2.15. The van der Waals surface area contributed by atoms with Crippen LogP contribution in [0.2, 0.25) is 0 Å². The van der Waals surface area contributed by atoms with Crippen molar-refractivity contribution in [1.82, 2.24) is 4.57 Å². The number of carbonyl (C=O) groups excluding carboxylic acids is 2. The highest BCUT2D eigenvalue weighted by Crippen LogP contribution is 2.32. The Morgan fingerprint density at radius 1 is 0.929 bits per heavy atom. The molecule has 2 aromatic carbocycles. The number of nitro benzene ring substituents is 1. The lowest BCUT2D eigenvalue weighted by atomic mass is 10.0. The molecule has 1 heterocycles. The van der Waals surface area contributed by atoms with Gasteiger partial charge >= 0.3 is 11.9 Å². The standard InChI is InChI=1S/C20H16N2O6/c1-27-19(23)17-16(13-8-10-15(11-9-13)22(25)26)12-21(18(17)20(24)28-2)14-6-4-3-5-7-14/h3-12H,1-2H3. The SMILES string of the molecule is COC(=O)c1c(-c2ccc([N+](=O)[O-])cc2)cn(-c2ccccc2)c1C(=O)OC. The predicted molar refractivity (Wildman–Crippen MR) is 101 cm³/mol. The maximum Gasteiger partial charge on any atom is 0.355 e. The van der Waals surface area contributed by atoms with Gasteiger partial charge in [0, 0.05) is 29.6 Å². The molecule has 0 spiro atoms. The molecular weight excluding hydrogens is 364 g/mol. The van der Waals surface area contributed by atoms with Crippen LogP contribution < -0.4 is 0 Å². The molecule has 0 unspecified atom stereocenters. The molecule has 0 saturated carbocycles. The van der Waals surface area contributed by atoms with Gasteiger partial charge in [0.25, 0.3) is 5.69 Å². The predicted octanol–water partition coefficient (Wildman–Crippen LogP) is 3.63. The van der Waals surface area contributed by atoms with Crippen molar-refractivity contribution < 1.29 is 24.0 Å². The second-order valence-electron chi connectivity index (χ2n) is 5.76. The second kappa shape index (κ2) is 7.75. The molecule has 0 radical (unpaired) electrons. The second-order valence-corrected chi connectivity index (χ2v) is 5.76. The molecule has 8 nitrogen and oxygen atoms in total. The smallest absolute Gasteiger partial charge is 0.355 e. The number of methoxy groups -OCH3 is 2. The molecule has 0 bridgehead atoms. The average molecular weight is 380 g/mol. The topological polar surface area (TPSA) is 101 Å². The average Bonchev–Trinajstić information content (AvgIpc) is 3.14. The monoisotopic (exact) mass is 380 g/mol. The van der Waals surface area contributed by atoms with Gasteiger partial charge in [0.2, 0.25) is 0 Å². The summed E-state index contributed by atoms with van der Waals surface area (Å²) >= 11 is 0. The number of carbonyl (C=O) groups is 2. The fourth-order valence-electron chi connectivity index (χ4n) is 2.89. The highest BCUT2D eigenvalue weighted by molar-refractivity contribution is 6.08. The molecule has 0 aliphatic rings. The molecule has 3 rings (SSSR count). The zero-order valence-corrected chi connectivity index (χ0v) is 15.1. The van der Waals surface area contributed by atoms with Crippen LogP contribution in [0.15, 0.2) is 60.8 Å². The van der Waals surface area contributed by atoms with Gasteiger partial charge in [0.05, 0.1) is 19.1 Å². The van der Waals surface area contributed by atoms with Gasteiger partial charge in [0.1, 0.15) is 11.3 Å². The molecule has 8 heteroatoms. The van der Waals surface area contributed by atoms with Crippen LogP contribution in [-0.4, -0.2) is 35.6 Å². The lowest BCUT2D eigenvalue weighted by Gasteiger charge is -2.09. The fourth-order valence-corrected chi connectivity index (χ4v) is 2.89. The van der Waals surface area contributed by atoms with Crippen LogP contribution in [0, 0.1) is 10.1 Å². The van der Waals surface area contributed by atoms with Crippen molar-refractivity contribution in [3.63, 3.8) is 0 Å². The van der Waals surface area contributed by atoms with Gasteiger partial charge < -0.3 is 14.0 Å². The van der Waals surface area contributed by atoms with Crippen LogP contribution >= 0.6 is 0 Å². The number of hydrogen-bond acceptors (Lipinski definition) is 6. The van der Waals surface area contributed by atoms with Crippen molar-refractivity contribution >= 4 is 17.6 Å². The van der Waals surface area contributed by atoms with Crippen LogP contribution in [0.3, 0.4) is 0 Å². The molecule has 0 aliphatic heterocycles. The summed E-state index contributed by atoms with van der Waals surface area (Å²) in [5.74, 6) is -1.43. The number of nitrogens with zero attached hydrogens (tertiary/aromatic N) is 2. The van der Waals surface area contributed by atoms with Gasteiger partial charge in [-0.25, -0.2) is 9.59 Å². The molecule has 0 atom stereocenters. The van der Waals surface area contributed by atoms with Crippen molar-refractivity contribution in [3.8, 4) is 16.8 Å². The Hall–Kier alpha value is -3.94. The Kier molecular flexibility index (Phi) is 5.21. The highest BCUT2D eigenvalue weighted by atomic mass is 16.6. The molecule has 0 N–H and O–H groups in total. The molecule has 0 fully saturated rings. The van der Waals surface area contributed by atoms with Gasteiger partial charge in [-0.2, -0.15) is 0 Å². The Morgan fingerprint density at radius 3 is 2.07 bits per heavy atom. The van der Waals surface area contributed by atoms with Crippen LogP contribution in [0.25, 0.3) is 16.8 Å². The minimum atomic E-state index is -0.719. The summed E-state index contributed by atoms with van der Waals surface area (Å²) < 4.78 is 11.3. The Bertz CT molecular complexity index is 1040. The normalized spacial score (nSPS) is 10.4. The van der Waals surface area contributed by atoms with E-state index in [9.17, 15) is 19.7 Å². The van der Waals surface area contributed by atoms with E-state index in [1.165, 1.54) is 43.1 Å². The first-order valence-corrected chi connectivity index (χ1v) is 8.20. The van der Waals surface area contributed by atoms with Gasteiger partial charge in [-0.05, 0) is 29.8 Å². The van der Waals surface area contributed by atoms with E-state index in [1.807, 2.05) is 6.07 Å². The fraction of sp³-hybridized carbons (Fsp3) is 0.100. The van der Waals surface area contributed by atoms with Crippen LogP contribution in [0.5, 0.6) is 0 Å². The van der Waals surface area contributed by atoms with Crippen molar-refractivity contribution in [2.75, 3.05) is 14.2 Å². The number of nitro groups is 1. The molecule has 28 heavy (non-hydrogen) atoms. The van der Waals surface area contributed by atoms with Gasteiger partial charge in [0.15, 0.2) is 0 Å². The molecule has 142 valence electrons. The molecule has 3 aromatic rings. The summed E-state index contributed by atoms with van der Waals surface area (Å²) in [6.45, 7) is 0. The summed E-state index contributed by atoms with van der Waals surface area (Å²) in [6, 6.07) is 14.6. The van der Waals surface area contributed by atoms with Gasteiger partial charge in [-0.1, -0.05) is 18.2 Å². The number of benzene rings is 2. The van der Waals surface area contributed by atoms with E-state index in [-0.39, 0.29) is 16.9 Å². The highest BCUT2D eigenvalue weighted by Gasteiger charge is 2.29. The molecule has 1 aromatic heterocycles. The van der Waals surface area contributed by atoms with E-state index in [0.717, 1.165) is 0 Å². The third-order valence-corrected chi connectivity index (χ3v) is 4.20. The van der Waals surface area contributed by atoms with E-state index in [4.69, 9.17) is 9.47 Å². The van der Waals surface area contributed by atoms with Crippen molar-refractivity contribution in [2.45, 2.75) is 0 Å². The zero-order valence-electron chi connectivity index (χ0n) is 15.1. The van der Waals surface area contributed by atoms with Crippen molar-refractivity contribution in [1.29, 1.82) is 0 Å². The number of non-ortho nitro benzene ring substituents is 1.